The van der Waals surface area contributed by atoms with Gasteiger partial charge in [0.1, 0.15) is 18.1 Å². The second-order valence-electron chi connectivity index (χ2n) is 6.50. The van der Waals surface area contributed by atoms with Crippen LogP contribution in [0.15, 0.2) is 42.5 Å². The predicted octanol–water partition coefficient (Wildman–Crippen LogP) is 3.54. The molecular formula is C21H24N2O4. The Labute approximate surface area is 159 Å². The summed E-state index contributed by atoms with van der Waals surface area (Å²) in [5, 5.41) is 2.80. The van der Waals surface area contributed by atoms with Gasteiger partial charge in [-0.2, -0.15) is 0 Å². The van der Waals surface area contributed by atoms with Gasteiger partial charge in [-0.1, -0.05) is 24.6 Å². The van der Waals surface area contributed by atoms with E-state index in [9.17, 15) is 9.59 Å². The molecule has 6 heteroatoms. The van der Waals surface area contributed by atoms with Gasteiger partial charge in [-0.25, -0.2) is 0 Å². The van der Waals surface area contributed by atoms with E-state index in [0.29, 0.717) is 36.7 Å². The average molecular weight is 368 g/mol. The number of amides is 2. The molecule has 27 heavy (non-hydrogen) atoms. The fourth-order valence-electron chi connectivity index (χ4n) is 2.86. The number of nitrogens with zero attached hydrogens (tertiary/aromatic N) is 1. The number of carbonyl (C=O) groups excluding carboxylic acids is 2. The zero-order valence-electron chi connectivity index (χ0n) is 15.8. The number of fused-ring (bicyclic) bond motifs is 1. The van der Waals surface area contributed by atoms with Gasteiger partial charge in [0, 0.05) is 18.2 Å². The first-order valence-electron chi connectivity index (χ1n) is 9.09. The van der Waals surface area contributed by atoms with Crippen LogP contribution < -0.4 is 19.7 Å². The zero-order chi connectivity index (χ0) is 19.4. The van der Waals surface area contributed by atoms with E-state index < -0.39 is 6.10 Å². The van der Waals surface area contributed by atoms with Crippen molar-refractivity contribution in [2.45, 2.75) is 33.3 Å². The third-order valence-corrected chi connectivity index (χ3v) is 4.38. The second-order valence-corrected chi connectivity index (χ2v) is 6.50. The smallest absolute Gasteiger partial charge is 0.267 e. The third kappa shape index (κ3) is 4.39. The standard InChI is InChI=1S/C21H24N2O4/c1-4-20(24)22-16-7-10-18-19(13-16)27-15(3)21(25)23(18)11-12-26-17-8-5-14(2)6-9-17/h5-10,13,15H,4,11-12H2,1-3H3,(H,22,24). The minimum Gasteiger partial charge on any atom is -0.492 e. The summed E-state index contributed by atoms with van der Waals surface area (Å²) in [6, 6.07) is 13.1. The van der Waals surface area contributed by atoms with Crippen molar-refractivity contribution in [3.05, 3.63) is 48.0 Å². The summed E-state index contributed by atoms with van der Waals surface area (Å²) in [5.74, 6) is 1.16. The van der Waals surface area contributed by atoms with Gasteiger partial charge in [0.2, 0.25) is 5.91 Å². The fourth-order valence-corrected chi connectivity index (χ4v) is 2.86. The van der Waals surface area contributed by atoms with Crippen LogP contribution in [0.1, 0.15) is 25.8 Å². The Balaban J connectivity index is 1.72. The van der Waals surface area contributed by atoms with Gasteiger partial charge in [0.15, 0.2) is 6.10 Å². The molecule has 0 saturated carbocycles. The molecule has 2 aromatic rings. The maximum absolute atomic E-state index is 12.6. The molecule has 6 nitrogen and oxygen atoms in total. The van der Waals surface area contributed by atoms with Crippen molar-refractivity contribution in [2.75, 3.05) is 23.4 Å². The average Bonchev–Trinajstić information content (AvgIpc) is 2.66. The van der Waals surface area contributed by atoms with Gasteiger partial charge in [-0.15, -0.1) is 0 Å². The number of benzene rings is 2. The molecule has 1 aliphatic heterocycles. The SMILES string of the molecule is CCC(=O)Nc1ccc2c(c1)OC(C)C(=O)N2CCOc1ccc(C)cc1. The van der Waals surface area contributed by atoms with Gasteiger partial charge in [0.25, 0.3) is 5.91 Å². The van der Waals surface area contributed by atoms with Crippen LogP contribution in [0.25, 0.3) is 0 Å². The molecule has 0 bridgehead atoms. The van der Waals surface area contributed by atoms with E-state index in [-0.39, 0.29) is 11.8 Å². The van der Waals surface area contributed by atoms with Crippen LogP contribution >= 0.6 is 0 Å². The number of hydrogen-bond donors (Lipinski definition) is 1. The molecule has 1 atom stereocenters. The predicted molar refractivity (Wildman–Crippen MR) is 104 cm³/mol. The first-order chi connectivity index (χ1) is 13.0. The normalized spacial score (nSPS) is 15.7. The maximum Gasteiger partial charge on any atom is 0.267 e. The van der Waals surface area contributed by atoms with Gasteiger partial charge < -0.3 is 19.7 Å². The molecule has 0 saturated heterocycles. The molecule has 2 amide bonds. The van der Waals surface area contributed by atoms with E-state index >= 15 is 0 Å². The van der Waals surface area contributed by atoms with Crippen molar-refractivity contribution in [3.8, 4) is 11.5 Å². The number of rotatable bonds is 6. The van der Waals surface area contributed by atoms with Crippen molar-refractivity contribution in [1.29, 1.82) is 0 Å². The Hall–Kier alpha value is -3.02. The van der Waals surface area contributed by atoms with Gasteiger partial charge in [-0.05, 0) is 38.1 Å². The molecular weight excluding hydrogens is 344 g/mol. The lowest BCUT2D eigenvalue weighted by Crippen LogP contribution is -2.46. The lowest BCUT2D eigenvalue weighted by Gasteiger charge is -2.33. The molecule has 0 spiro atoms. The molecule has 0 radical (unpaired) electrons. The van der Waals surface area contributed by atoms with E-state index in [1.54, 1.807) is 36.9 Å². The van der Waals surface area contributed by atoms with Crippen molar-refractivity contribution in [2.24, 2.45) is 0 Å². The highest BCUT2D eigenvalue weighted by molar-refractivity contribution is 6.00. The highest BCUT2D eigenvalue weighted by Crippen LogP contribution is 2.36. The molecule has 0 aliphatic carbocycles. The first kappa shape index (κ1) is 18.8. The summed E-state index contributed by atoms with van der Waals surface area (Å²) in [4.78, 5) is 25.8. The summed E-state index contributed by atoms with van der Waals surface area (Å²) in [6.07, 6.45) is -0.191. The number of ether oxygens (including phenoxy) is 2. The van der Waals surface area contributed by atoms with E-state index in [4.69, 9.17) is 9.47 Å². The third-order valence-electron chi connectivity index (χ3n) is 4.38. The summed E-state index contributed by atoms with van der Waals surface area (Å²) in [7, 11) is 0. The van der Waals surface area contributed by atoms with Crippen LogP contribution in [0.4, 0.5) is 11.4 Å². The van der Waals surface area contributed by atoms with Crippen molar-refractivity contribution in [3.63, 3.8) is 0 Å². The minimum atomic E-state index is -0.589. The minimum absolute atomic E-state index is 0.0711. The topological polar surface area (TPSA) is 67.9 Å². The lowest BCUT2D eigenvalue weighted by molar-refractivity contribution is -0.125. The Kier molecular flexibility index (Phi) is 5.64. The van der Waals surface area contributed by atoms with Gasteiger partial charge >= 0.3 is 0 Å². The Morgan fingerprint density at radius 3 is 2.67 bits per heavy atom. The molecule has 1 unspecified atom stereocenters. The molecule has 1 heterocycles. The molecule has 1 N–H and O–H groups in total. The number of hydrogen-bond acceptors (Lipinski definition) is 4. The molecule has 1 aliphatic rings. The van der Waals surface area contributed by atoms with Gasteiger partial charge in [0.05, 0.1) is 12.2 Å². The number of anilines is 2. The van der Waals surface area contributed by atoms with Crippen LogP contribution in [-0.2, 0) is 9.59 Å². The van der Waals surface area contributed by atoms with E-state index in [0.717, 1.165) is 5.75 Å². The summed E-state index contributed by atoms with van der Waals surface area (Å²) in [6.45, 7) is 6.31. The summed E-state index contributed by atoms with van der Waals surface area (Å²) in [5.41, 5.74) is 2.50. The van der Waals surface area contributed by atoms with Crippen molar-refractivity contribution >= 4 is 23.2 Å². The maximum atomic E-state index is 12.6. The Morgan fingerprint density at radius 1 is 1.22 bits per heavy atom. The zero-order valence-corrected chi connectivity index (χ0v) is 15.8. The van der Waals surface area contributed by atoms with Crippen LogP contribution in [0.2, 0.25) is 0 Å². The first-order valence-corrected chi connectivity index (χ1v) is 9.09. The quantitative estimate of drug-likeness (QED) is 0.847. The second kappa shape index (κ2) is 8.12. The van der Waals surface area contributed by atoms with Crippen LogP contribution in [0.5, 0.6) is 11.5 Å². The largest absolute Gasteiger partial charge is 0.492 e. The number of aryl methyl sites for hydroxylation is 1. The van der Waals surface area contributed by atoms with Crippen LogP contribution in [0, 0.1) is 6.92 Å². The summed E-state index contributed by atoms with van der Waals surface area (Å²) >= 11 is 0. The molecule has 2 aromatic carbocycles. The fraction of sp³-hybridized carbons (Fsp3) is 0.333. The lowest BCUT2D eigenvalue weighted by atomic mass is 10.1. The van der Waals surface area contributed by atoms with E-state index in [1.165, 1.54) is 5.56 Å². The Morgan fingerprint density at radius 2 is 1.96 bits per heavy atom. The molecule has 3 rings (SSSR count). The van der Waals surface area contributed by atoms with Crippen molar-refractivity contribution in [1.82, 2.24) is 0 Å². The molecule has 142 valence electrons. The van der Waals surface area contributed by atoms with Crippen LogP contribution in [-0.4, -0.2) is 31.1 Å². The van der Waals surface area contributed by atoms with Crippen LogP contribution in [0.3, 0.4) is 0 Å². The highest BCUT2D eigenvalue weighted by atomic mass is 16.5. The summed E-state index contributed by atoms with van der Waals surface area (Å²) < 4.78 is 11.5. The number of nitrogens with one attached hydrogen (secondary N) is 1. The molecule has 0 fully saturated rings. The monoisotopic (exact) mass is 368 g/mol. The number of carbonyl (C=O) groups is 2. The van der Waals surface area contributed by atoms with Crippen molar-refractivity contribution < 1.29 is 19.1 Å². The van der Waals surface area contributed by atoms with Gasteiger partial charge in [-0.3, -0.25) is 9.59 Å². The Bertz CT molecular complexity index is 833. The van der Waals surface area contributed by atoms with E-state index in [2.05, 4.69) is 5.32 Å². The molecule has 0 aromatic heterocycles. The van der Waals surface area contributed by atoms with E-state index in [1.807, 2.05) is 31.2 Å². The highest BCUT2D eigenvalue weighted by Gasteiger charge is 2.31.